The van der Waals surface area contributed by atoms with Gasteiger partial charge in [-0.25, -0.2) is 0 Å². The molecular formula is C13H9. The van der Waals surface area contributed by atoms with Gasteiger partial charge in [-0.1, -0.05) is 54.7 Å². The molecule has 0 saturated carbocycles. The van der Waals surface area contributed by atoms with Gasteiger partial charge in [0.25, 0.3) is 0 Å². The normalized spacial score (nSPS) is 23.5. The molecule has 3 aliphatic carbocycles. The van der Waals surface area contributed by atoms with Crippen molar-refractivity contribution in [3.8, 4) is 0 Å². The van der Waals surface area contributed by atoms with E-state index in [4.69, 9.17) is 0 Å². The van der Waals surface area contributed by atoms with Crippen LogP contribution in [0.5, 0.6) is 0 Å². The van der Waals surface area contributed by atoms with Crippen LogP contribution >= 0.6 is 0 Å². The minimum Gasteiger partial charge on any atom is -0.0619 e. The molecule has 0 heterocycles. The summed E-state index contributed by atoms with van der Waals surface area (Å²) in [5, 5.41) is 0. The SMILES string of the molecule is C1=CC=C2C=CC3=CC=CC(=C1)[C]23. The minimum absolute atomic E-state index is 1.32. The van der Waals surface area contributed by atoms with Crippen molar-refractivity contribution >= 4 is 0 Å². The second-order valence-corrected chi connectivity index (χ2v) is 3.32. The Morgan fingerprint density at radius 3 is 1.77 bits per heavy atom. The molecule has 0 fully saturated rings. The van der Waals surface area contributed by atoms with Crippen molar-refractivity contribution in [1.29, 1.82) is 0 Å². The molecule has 0 aromatic heterocycles. The Bertz CT molecular complexity index is 423. The molecule has 0 aromatic rings. The van der Waals surface area contributed by atoms with E-state index in [1.54, 1.807) is 0 Å². The molecule has 0 aliphatic heterocycles. The van der Waals surface area contributed by atoms with E-state index in [1.165, 1.54) is 22.6 Å². The van der Waals surface area contributed by atoms with Crippen molar-refractivity contribution in [3.63, 3.8) is 0 Å². The van der Waals surface area contributed by atoms with Crippen LogP contribution in [0.1, 0.15) is 0 Å². The zero-order valence-electron chi connectivity index (χ0n) is 7.20. The lowest BCUT2D eigenvalue weighted by atomic mass is 9.86. The van der Waals surface area contributed by atoms with E-state index in [0.717, 1.165) is 0 Å². The average Bonchev–Trinajstić information content (AvgIpc) is 2.44. The maximum atomic E-state index is 2.18. The predicted molar refractivity (Wildman–Crippen MR) is 54.9 cm³/mol. The van der Waals surface area contributed by atoms with Crippen LogP contribution in [0.3, 0.4) is 0 Å². The lowest BCUT2D eigenvalue weighted by Crippen LogP contribution is -2.02. The van der Waals surface area contributed by atoms with Crippen LogP contribution in [0.2, 0.25) is 0 Å². The maximum absolute atomic E-state index is 2.18. The van der Waals surface area contributed by atoms with Gasteiger partial charge in [0.05, 0.1) is 5.92 Å². The fourth-order valence-corrected chi connectivity index (χ4v) is 1.92. The Kier molecular flexibility index (Phi) is 1.31. The number of rotatable bonds is 0. The highest BCUT2D eigenvalue weighted by molar-refractivity contribution is 5.72. The zero-order valence-corrected chi connectivity index (χ0v) is 7.20. The highest BCUT2D eigenvalue weighted by atomic mass is 14.3. The molecule has 1 radical (unpaired) electrons. The Labute approximate surface area is 78.0 Å². The molecule has 0 unspecified atom stereocenters. The van der Waals surface area contributed by atoms with Crippen LogP contribution in [-0.4, -0.2) is 0 Å². The van der Waals surface area contributed by atoms with Gasteiger partial charge in [-0.15, -0.1) is 0 Å². The monoisotopic (exact) mass is 165 g/mol. The highest BCUT2D eigenvalue weighted by Gasteiger charge is 2.26. The van der Waals surface area contributed by atoms with Crippen molar-refractivity contribution in [2.75, 3.05) is 0 Å². The van der Waals surface area contributed by atoms with Gasteiger partial charge in [0.2, 0.25) is 0 Å². The molecular weight excluding hydrogens is 156 g/mol. The lowest BCUT2D eigenvalue weighted by molar-refractivity contribution is 1.27. The fourth-order valence-electron chi connectivity index (χ4n) is 1.92. The Hall–Kier alpha value is -1.56. The van der Waals surface area contributed by atoms with Gasteiger partial charge in [0.1, 0.15) is 0 Å². The molecule has 0 bridgehead atoms. The second kappa shape index (κ2) is 2.46. The van der Waals surface area contributed by atoms with Crippen LogP contribution in [0.15, 0.2) is 71.4 Å². The second-order valence-electron chi connectivity index (χ2n) is 3.32. The summed E-state index contributed by atoms with van der Waals surface area (Å²) in [5.41, 5.74) is 3.99. The fraction of sp³-hybridized carbons (Fsp3) is 0. The van der Waals surface area contributed by atoms with E-state index < -0.39 is 0 Å². The molecule has 3 aliphatic rings. The van der Waals surface area contributed by atoms with Gasteiger partial charge in [0.15, 0.2) is 0 Å². The van der Waals surface area contributed by atoms with E-state index in [2.05, 4.69) is 54.7 Å². The van der Waals surface area contributed by atoms with Crippen molar-refractivity contribution in [1.82, 2.24) is 0 Å². The molecule has 0 heteroatoms. The molecule has 0 atom stereocenters. The van der Waals surface area contributed by atoms with Crippen LogP contribution in [0.25, 0.3) is 0 Å². The Morgan fingerprint density at radius 1 is 0.538 bits per heavy atom. The van der Waals surface area contributed by atoms with E-state index in [9.17, 15) is 0 Å². The van der Waals surface area contributed by atoms with Gasteiger partial charge in [-0.05, 0) is 16.7 Å². The van der Waals surface area contributed by atoms with Gasteiger partial charge >= 0.3 is 0 Å². The minimum atomic E-state index is 1.32. The van der Waals surface area contributed by atoms with Crippen molar-refractivity contribution in [2.24, 2.45) is 0 Å². The standard InChI is InChI=1S/C13H9/c1-2-5-11-8-9-12-7-3-6-10(4-1)13(11)12/h1-9H. The topological polar surface area (TPSA) is 0 Å². The molecule has 61 valence electrons. The average molecular weight is 165 g/mol. The maximum Gasteiger partial charge on any atom is 0.0629 e. The number of hydrogen-bond acceptors (Lipinski definition) is 0. The molecule has 0 spiro atoms. The number of hydrogen-bond donors (Lipinski definition) is 0. The molecule has 0 saturated heterocycles. The van der Waals surface area contributed by atoms with Crippen LogP contribution < -0.4 is 0 Å². The largest absolute Gasteiger partial charge is 0.0629 e. The van der Waals surface area contributed by atoms with Crippen molar-refractivity contribution in [2.45, 2.75) is 0 Å². The summed E-state index contributed by atoms with van der Waals surface area (Å²) >= 11 is 0. The summed E-state index contributed by atoms with van der Waals surface area (Å²) < 4.78 is 0. The van der Waals surface area contributed by atoms with Gasteiger partial charge in [-0.3, -0.25) is 0 Å². The quantitative estimate of drug-likeness (QED) is 0.517. The predicted octanol–water partition coefficient (Wildman–Crippen LogP) is 3.05. The van der Waals surface area contributed by atoms with Gasteiger partial charge in [-0.2, -0.15) is 0 Å². The third-order valence-corrected chi connectivity index (χ3v) is 2.52. The summed E-state index contributed by atoms with van der Waals surface area (Å²) in [4.78, 5) is 0. The summed E-state index contributed by atoms with van der Waals surface area (Å²) in [6.45, 7) is 0. The summed E-state index contributed by atoms with van der Waals surface area (Å²) in [5.74, 6) is 1.38. The number of allylic oxidation sites excluding steroid dienone is 12. The summed E-state index contributed by atoms with van der Waals surface area (Å²) in [7, 11) is 0. The first-order valence-corrected chi connectivity index (χ1v) is 4.48. The molecule has 0 nitrogen and oxygen atoms in total. The molecule has 0 amide bonds. The van der Waals surface area contributed by atoms with E-state index >= 15 is 0 Å². The Balaban J connectivity index is 2.24. The van der Waals surface area contributed by atoms with Crippen molar-refractivity contribution < 1.29 is 0 Å². The van der Waals surface area contributed by atoms with E-state index in [0.29, 0.717) is 0 Å². The molecule has 13 heavy (non-hydrogen) atoms. The first-order chi connectivity index (χ1) is 6.45. The lowest BCUT2D eigenvalue weighted by Gasteiger charge is -2.16. The first kappa shape index (κ1) is 6.90. The third kappa shape index (κ3) is 0.919. The Morgan fingerprint density at radius 2 is 1.08 bits per heavy atom. The molecule has 3 rings (SSSR count). The van der Waals surface area contributed by atoms with Crippen LogP contribution in [-0.2, 0) is 0 Å². The van der Waals surface area contributed by atoms with Crippen molar-refractivity contribution in [3.05, 3.63) is 77.3 Å². The van der Waals surface area contributed by atoms with Gasteiger partial charge in [0, 0.05) is 0 Å². The summed E-state index contributed by atoms with van der Waals surface area (Å²) in [6.07, 6.45) is 19.3. The molecule has 0 N–H and O–H groups in total. The smallest absolute Gasteiger partial charge is 0.0619 e. The highest BCUT2D eigenvalue weighted by Crippen LogP contribution is 2.41. The van der Waals surface area contributed by atoms with Crippen LogP contribution in [0, 0.1) is 5.92 Å². The van der Waals surface area contributed by atoms with E-state index in [1.807, 2.05) is 0 Å². The first-order valence-electron chi connectivity index (χ1n) is 4.48. The third-order valence-electron chi connectivity index (χ3n) is 2.52. The van der Waals surface area contributed by atoms with Crippen LogP contribution in [0.4, 0.5) is 0 Å². The zero-order chi connectivity index (χ0) is 8.67. The molecule has 0 aromatic carbocycles. The van der Waals surface area contributed by atoms with E-state index in [-0.39, 0.29) is 0 Å². The van der Waals surface area contributed by atoms with Gasteiger partial charge < -0.3 is 0 Å². The summed E-state index contributed by atoms with van der Waals surface area (Å²) in [6, 6.07) is 0.